The zero-order valence-electron chi connectivity index (χ0n) is 10.7. The lowest BCUT2D eigenvalue weighted by Gasteiger charge is -2.21. The van der Waals surface area contributed by atoms with E-state index in [0.29, 0.717) is 5.88 Å². The Morgan fingerprint density at radius 3 is 2.00 bits per heavy atom. The minimum Gasteiger partial charge on any atom is -0.294 e. The average Bonchev–Trinajstić information content (AvgIpc) is 2.43. The second kappa shape index (κ2) is 7.68. The predicted molar refractivity (Wildman–Crippen MR) is 85.4 cm³/mol. The van der Waals surface area contributed by atoms with E-state index in [9.17, 15) is 0 Å². The molecule has 0 aliphatic carbocycles. The topological polar surface area (TPSA) is 3.24 Å². The molecule has 0 saturated carbocycles. The summed E-state index contributed by atoms with van der Waals surface area (Å²) >= 11 is 9.37. The van der Waals surface area contributed by atoms with E-state index in [2.05, 4.69) is 69.4 Å². The van der Waals surface area contributed by atoms with Crippen molar-refractivity contribution in [1.29, 1.82) is 0 Å². The largest absolute Gasteiger partial charge is 0.294 e. The van der Waals surface area contributed by atoms with Crippen molar-refractivity contribution >= 4 is 27.5 Å². The summed E-state index contributed by atoms with van der Waals surface area (Å²) in [6, 6.07) is 19.0. The molecule has 19 heavy (non-hydrogen) atoms. The minimum atomic E-state index is 0.656. The van der Waals surface area contributed by atoms with Gasteiger partial charge in [0.2, 0.25) is 0 Å². The molecule has 3 heteroatoms. The van der Waals surface area contributed by atoms with Gasteiger partial charge in [0.05, 0.1) is 0 Å². The molecule has 2 rings (SSSR count). The summed E-state index contributed by atoms with van der Waals surface area (Å²) in [6.07, 6.45) is 0. The van der Waals surface area contributed by atoms with Crippen LogP contribution in [-0.2, 0) is 13.1 Å². The molecular weight excluding hydrogens is 322 g/mol. The number of alkyl halides is 1. The Kier molecular flexibility index (Phi) is 5.90. The van der Waals surface area contributed by atoms with Gasteiger partial charge in [-0.05, 0) is 23.3 Å². The van der Waals surface area contributed by atoms with Crippen molar-refractivity contribution in [3.05, 3.63) is 70.2 Å². The van der Waals surface area contributed by atoms with E-state index >= 15 is 0 Å². The number of halogens is 2. The second-order valence-electron chi connectivity index (χ2n) is 4.51. The van der Waals surface area contributed by atoms with Gasteiger partial charge in [0.25, 0.3) is 0 Å². The van der Waals surface area contributed by atoms with Gasteiger partial charge in [-0.25, -0.2) is 0 Å². The monoisotopic (exact) mass is 337 g/mol. The van der Waals surface area contributed by atoms with Gasteiger partial charge in [-0.2, -0.15) is 0 Å². The van der Waals surface area contributed by atoms with E-state index in [-0.39, 0.29) is 0 Å². The first-order valence-corrected chi connectivity index (χ1v) is 7.67. The average molecular weight is 339 g/mol. The third-order valence-electron chi connectivity index (χ3n) is 2.97. The van der Waals surface area contributed by atoms with Crippen LogP contribution in [-0.4, -0.2) is 17.3 Å². The van der Waals surface area contributed by atoms with Crippen LogP contribution in [0.25, 0.3) is 0 Å². The van der Waals surface area contributed by atoms with E-state index in [1.807, 2.05) is 6.07 Å². The van der Waals surface area contributed by atoms with Gasteiger partial charge < -0.3 is 0 Å². The van der Waals surface area contributed by atoms with Crippen LogP contribution in [0.3, 0.4) is 0 Å². The predicted octanol–water partition coefficient (Wildman–Crippen LogP) is 4.69. The minimum absolute atomic E-state index is 0.656. The van der Waals surface area contributed by atoms with E-state index < -0.39 is 0 Å². The van der Waals surface area contributed by atoms with Gasteiger partial charge in [-0.1, -0.05) is 58.4 Å². The Hall–Kier alpha value is -0.830. The third kappa shape index (κ3) is 4.98. The van der Waals surface area contributed by atoms with E-state index in [4.69, 9.17) is 11.6 Å². The summed E-state index contributed by atoms with van der Waals surface area (Å²) in [5, 5.41) is 0. The SMILES string of the molecule is ClCCN(Cc1ccccc1)Cc1ccc(Br)cc1. The zero-order valence-corrected chi connectivity index (χ0v) is 13.1. The van der Waals surface area contributed by atoms with Crippen molar-refractivity contribution in [2.75, 3.05) is 12.4 Å². The highest BCUT2D eigenvalue weighted by molar-refractivity contribution is 9.10. The molecule has 0 aromatic heterocycles. The van der Waals surface area contributed by atoms with Crippen LogP contribution in [0.15, 0.2) is 59.1 Å². The van der Waals surface area contributed by atoms with Crippen molar-refractivity contribution in [3.63, 3.8) is 0 Å². The number of benzene rings is 2. The molecule has 0 fully saturated rings. The fourth-order valence-corrected chi connectivity index (χ4v) is 2.53. The highest BCUT2D eigenvalue weighted by Crippen LogP contribution is 2.14. The fraction of sp³-hybridized carbons (Fsp3) is 0.250. The van der Waals surface area contributed by atoms with Crippen molar-refractivity contribution in [2.45, 2.75) is 13.1 Å². The van der Waals surface area contributed by atoms with E-state index in [1.54, 1.807) is 0 Å². The van der Waals surface area contributed by atoms with Crippen molar-refractivity contribution in [2.24, 2.45) is 0 Å². The van der Waals surface area contributed by atoms with Crippen molar-refractivity contribution < 1.29 is 0 Å². The number of rotatable bonds is 6. The molecule has 0 heterocycles. The van der Waals surface area contributed by atoms with Gasteiger partial charge in [0.1, 0.15) is 0 Å². The summed E-state index contributed by atoms with van der Waals surface area (Å²) in [4.78, 5) is 2.37. The van der Waals surface area contributed by atoms with Crippen molar-refractivity contribution in [3.8, 4) is 0 Å². The molecule has 0 atom stereocenters. The van der Waals surface area contributed by atoms with Crippen LogP contribution in [0.5, 0.6) is 0 Å². The molecule has 100 valence electrons. The van der Waals surface area contributed by atoms with Crippen LogP contribution in [0, 0.1) is 0 Å². The molecule has 1 nitrogen and oxygen atoms in total. The summed E-state index contributed by atoms with van der Waals surface area (Å²) in [5.41, 5.74) is 2.63. The van der Waals surface area contributed by atoms with Gasteiger partial charge in [-0.3, -0.25) is 4.90 Å². The molecule has 2 aromatic rings. The molecule has 0 saturated heterocycles. The van der Waals surface area contributed by atoms with E-state index in [0.717, 1.165) is 24.1 Å². The normalized spacial score (nSPS) is 10.9. The molecule has 0 aliphatic heterocycles. The Balaban J connectivity index is 2.01. The Bertz CT molecular complexity index is 484. The Morgan fingerprint density at radius 1 is 0.842 bits per heavy atom. The number of hydrogen-bond acceptors (Lipinski definition) is 1. The summed E-state index contributed by atoms with van der Waals surface area (Å²) in [5.74, 6) is 0.656. The second-order valence-corrected chi connectivity index (χ2v) is 5.81. The van der Waals surface area contributed by atoms with E-state index in [1.165, 1.54) is 11.1 Å². The maximum atomic E-state index is 5.90. The van der Waals surface area contributed by atoms with Crippen LogP contribution in [0.2, 0.25) is 0 Å². The van der Waals surface area contributed by atoms with Gasteiger partial charge in [-0.15, -0.1) is 11.6 Å². The highest BCUT2D eigenvalue weighted by atomic mass is 79.9. The molecule has 0 aliphatic rings. The number of hydrogen-bond donors (Lipinski definition) is 0. The smallest absolute Gasteiger partial charge is 0.0351 e. The standard InChI is InChI=1S/C16H17BrClN/c17-16-8-6-15(7-9-16)13-19(11-10-18)12-14-4-2-1-3-5-14/h1-9H,10-13H2. The molecule has 2 aromatic carbocycles. The van der Waals surface area contributed by atoms with Gasteiger partial charge in [0, 0.05) is 30.0 Å². The summed E-state index contributed by atoms with van der Waals surface area (Å²) in [6.45, 7) is 2.75. The first kappa shape index (κ1) is 14.6. The summed E-state index contributed by atoms with van der Waals surface area (Å²) < 4.78 is 1.11. The highest BCUT2D eigenvalue weighted by Gasteiger charge is 2.06. The maximum absolute atomic E-state index is 5.90. The zero-order chi connectivity index (χ0) is 13.5. The van der Waals surface area contributed by atoms with Crippen LogP contribution < -0.4 is 0 Å². The molecule has 0 bridgehead atoms. The van der Waals surface area contributed by atoms with Crippen LogP contribution >= 0.6 is 27.5 Å². The third-order valence-corrected chi connectivity index (χ3v) is 3.67. The van der Waals surface area contributed by atoms with Crippen LogP contribution in [0.4, 0.5) is 0 Å². The lowest BCUT2D eigenvalue weighted by Crippen LogP contribution is -2.24. The maximum Gasteiger partial charge on any atom is 0.0351 e. The Labute approximate surface area is 128 Å². The first-order chi connectivity index (χ1) is 9.28. The molecule has 0 radical (unpaired) electrons. The van der Waals surface area contributed by atoms with Crippen molar-refractivity contribution in [1.82, 2.24) is 4.90 Å². The van der Waals surface area contributed by atoms with Gasteiger partial charge in [0.15, 0.2) is 0 Å². The fourth-order valence-electron chi connectivity index (χ4n) is 2.02. The lowest BCUT2D eigenvalue weighted by molar-refractivity contribution is 0.273. The lowest BCUT2D eigenvalue weighted by atomic mass is 10.1. The molecule has 0 N–H and O–H groups in total. The first-order valence-electron chi connectivity index (χ1n) is 6.34. The van der Waals surface area contributed by atoms with Gasteiger partial charge >= 0.3 is 0 Å². The Morgan fingerprint density at radius 2 is 1.42 bits per heavy atom. The van der Waals surface area contributed by atoms with Crippen LogP contribution in [0.1, 0.15) is 11.1 Å². The molecule has 0 unspecified atom stereocenters. The molecule has 0 spiro atoms. The number of nitrogens with zero attached hydrogens (tertiary/aromatic N) is 1. The summed E-state index contributed by atoms with van der Waals surface area (Å²) in [7, 11) is 0. The quantitative estimate of drug-likeness (QED) is 0.691. The molecular formula is C16H17BrClN. The molecule has 0 amide bonds.